The molecule has 1 fully saturated rings. The lowest BCUT2D eigenvalue weighted by atomic mass is 9.90. The number of rotatable bonds is 6. The van der Waals surface area contributed by atoms with E-state index in [-0.39, 0.29) is 17.0 Å². The topological polar surface area (TPSA) is 98.5 Å². The van der Waals surface area contributed by atoms with Gasteiger partial charge in [-0.2, -0.15) is 0 Å². The highest BCUT2D eigenvalue weighted by Crippen LogP contribution is 2.30. The molecule has 0 saturated heterocycles. The summed E-state index contributed by atoms with van der Waals surface area (Å²) in [6.45, 7) is 2.46. The van der Waals surface area contributed by atoms with Crippen LogP contribution in [0.25, 0.3) is 0 Å². The number of nitro benzene ring substituents is 1. The Balaban J connectivity index is 2.17. The van der Waals surface area contributed by atoms with E-state index in [4.69, 9.17) is 4.74 Å². The number of nitrogens with one attached hydrogen (secondary N) is 1. The van der Waals surface area contributed by atoms with Gasteiger partial charge in [0.15, 0.2) is 4.90 Å². The molecule has 0 unspecified atom stereocenters. The summed E-state index contributed by atoms with van der Waals surface area (Å²) in [5, 5.41) is 11.0. The fourth-order valence-corrected chi connectivity index (χ4v) is 4.14. The van der Waals surface area contributed by atoms with Crippen LogP contribution in [0, 0.1) is 10.1 Å². The largest absolute Gasteiger partial charge is 0.378 e. The molecule has 0 heterocycles. The monoisotopic (exact) mass is 378 g/mol. The lowest BCUT2D eigenvalue weighted by Crippen LogP contribution is -2.47. The average molecular weight is 379 g/mol. The Morgan fingerprint density at radius 2 is 2.14 bits per heavy atom. The SMILES string of the molecule is CCOC1CC(NS(=O)(=O)c2cc(Br)ccc2[N+](=O)[O-])C1. The van der Waals surface area contributed by atoms with Crippen LogP contribution in [0.1, 0.15) is 19.8 Å². The van der Waals surface area contributed by atoms with E-state index in [9.17, 15) is 18.5 Å². The molecule has 1 aliphatic carbocycles. The van der Waals surface area contributed by atoms with E-state index in [0.29, 0.717) is 23.9 Å². The first kappa shape index (κ1) is 16.3. The van der Waals surface area contributed by atoms with Gasteiger partial charge in [-0.25, -0.2) is 13.1 Å². The van der Waals surface area contributed by atoms with Gasteiger partial charge in [-0.1, -0.05) is 15.9 Å². The molecule has 1 N–H and O–H groups in total. The van der Waals surface area contributed by atoms with Gasteiger partial charge in [-0.15, -0.1) is 0 Å². The summed E-state index contributed by atoms with van der Waals surface area (Å²) in [5.74, 6) is 0. The third-order valence-electron chi connectivity index (χ3n) is 3.23. The van der Waals surface area contributed by atoms with E-state index in [1.807, 2.05) is 6.92 Å². The van der Waals surface area contributed by atoms with Gasteiger partial charge in [-0.3, -0.25) is 10.1 Å². The fourth-order valence-electron chi connectivity index (χ4n) is 2.17. The first-order valence-electron chi connectivity index (χ1n) is 6.41. The summed E-state index contributed by atoms with van der Waals surface area (Å²) in [6.07, 6.45) is 1.21. The van der Waals surface area contributed by atoms with Crippen molar-refractivity contribution in [2.45, 2.75) is 36.8 Å². The summed E-state index contributed by atoms with van der Waals surface area (Å²) in [4.78, 5) is 9.93. The Kier molecular flexibility index (Phi) is 4.97. The van der Waals surface area contributed by atoms with Gasteiger partial charge in [0, 0.05) is 23.2 Å². The second kappa shape index (κ2) is 6.39. The van der Waals surface area contributed by atoms with Crippen LogP contribution in [0.4, 0.5) is 5.69 Å². The molecule has 0 aliphatic heterocycles. The van der Waals surface area contributed by atoms with Crippen LogP contribution < -0.4 is 4.72 Å². The molecule has 116 valence electrons. The zero-order valence-electron chi connectivity index (χ0n) is 11.3. The molecule has 0 spiro atoms. The molecule has 1 aromatic carbocycles. The number of nitro groups is 1. The predicted octanol–water partition coefficient (Wildman–Crippen LogP) is 2.20. The zero-order chi connectivity index (χ0) is 15.6. The second-order valence-electron chi connectivity index (χ2n) is 4.74. The number of hydrogen-bond acceptors (Lipinski definition) is 5. The van der Waals surface area contributed by atoms with Crippen LogP contribution in [0.15, 0.2) is 27.6 Å². The van der Waals surface area contributed by atoms with Crippen LogP contribution in [-0.2, 0) is 14.8 Å². The van der Waals surface area contributed by atoms with Gasteiger partial charge in [0.2, 0.25) is 10.0 Å². The normalized spacial score (nSPS) is 21.8. The third-order valence-corrected chi connectivity index (χ3v) is 5.27. The Bertz CT molecular complexity index is 643. The van der Waals surface area contributed by atoms with E-state index >= 15 is 0 Å². The zero-order valence-corrected chi connectivity index (χ0v) is 13.7. The van der Waals surface area contributed by atoms with Crippen molar-refractivity contribution in [3.05, 3.63) is 32.8 Å². The van der Waals surface area contributed by atoms with E-state index < -0.39 is 20.6 Å². The summed E-state index contributed by atoms with van der Waals surface area (Å²) in [6, 6.07) is 3.60. The van der Waals surface area contributed by atoms with Crippen molar-refractivity contribution in [3.63, 3.8) is 0 Å². The van der Waals surface area contributed by atoms with Gasteiger partial charge in [-0.05, 0) is 31.9 Å². The van der Waals surface area contributed by atoms with E-state index in [0.717, 1.165) is 0 Å². The lowest BCUT2D eigenvalue weighted by Gasteiger charge is -2.34. The predicted molar refractivity (Wildman–Crippen MR) is 79.6 cm³/mol. The van der Waals surface area contributed by atoms with Crippen molar-refractivity contribution in [1.29, 1.82) is 0 Å². The lowest BCUT2D eigenvalue weighted by molar-refractivity contribution is -0.387. The van der Waals surface area contributed by atoms with Crippen molar-refractivity contribution in [1.82, 2.24) is 4.72 Å². The maximum absolute atomic E-state index is 12.3. The highest BCUT2D eigenvalue weighted by Gasteiger charge is 2.35. The molecular formula is C12H15BrN2O5S. The molecule has 2 rings (SSSR count). The number of sulfonamides is 1. The highest BCUT2D eigenvalue weighted by atomic mass is 79.9. The van der Waals surface area contributed by atoms with Gasteiger partial charge in [0.1, 0.15) is 0 Å². The van der Waals surface area contributed by atoms with Gasteiger partial charge in [0.05, 0.1) is 11.0 Å². The van der Waals surface area contributed by atoms with E-state index in [2.05, 4.69) is 20.7 Å². The van der Waals surface area contributed by atoms with Crippen LogP contribution >= 0.6 is 15.9 Å². The Morgan fingerprint density at radius 1 is 1.48 bits per heavy atom. The molecule has 0 radical (unpaired) electrons. The number of ether oxygens (including phenoxy) is 1. The fraction of sp³-hybridized carbons (Fsp3) is 0.500. The number of nitrogens with zero attached hydrogens (tertiary/aromatic N) is 1. The van der Waals surface area contributed by atoms with Crippen LogP contribution in [0.3, 0.4) is 0 Å². The molecule has 1 aliphatic rings. The van der Waals surface area contributed by atoms with Crippen molar-refractivity contribution in [3.8, 4) is 0 Å². The quantitative estimate of drug-likeness (QED) is 0.604. The van der Waals surface area contributed by atoms with Crippen molar-refractivity contribution >= 4 is 31.6 Å². The van der Waals surface area contributed by atoms with Gasteiger partial charge >= 0.3 is 0 Å². The first-order chi connectivity index (χ1) is 9.83. The first-order valence-corrected chi connectivity index (χ1v) is 8.69. The van der Waals surface area contributed by atoms with Crippen LogP contribution in [0.5, 0.6) is 0 Å². The van der Waals surface area contributed by atoms with Crippen molar-refractivity contribution in [2.75, 3.05) is 6.61 Å². The summed E-state index contributed by atoms with van der Waals surface area (Å²) >= 11 is 3.13. The maximum atomic E-state index is 12.3. The molecule has 0 aromatic heterocycles. The molecule has 9 heteroatoms. The van der Waals surface area contributed by atoms with E-state index in [1.54, 1.807) is 0 Å². The minimum atomic E-state index is -3.93. The number of halogens is 1. The molecule has 1 aromatic rings. The smallest absolute Gasteiger partial charge is 0.289 e. The standard InChI is InChI=1S/C12H15BrN2O5S/c1-2-20-10-6-9(7-10)14-21(18,19)12-5-8(13)3-4-11(12)15(16)17/h3-5,9-10,14H,2,6-7H2,1H3. The number of hydrogen-bond donors (Lipinski definition) is 1. The maximum Gasteiger partial charge on any atom is 0.289 e. The minimum absolute atomic E-state index is 0.0557. The molecule has 7 nitrogen and oxygen atoms in total. The van der Waals surface area contributed by atoms with Crippen molar-refractivity contribution < 1.29 is 18.1 Å². The number of benzene rings is 1. The molecule has 0 bridgehead atoms. The second-order valence-corrected chi connectivity index (χ2v) is 7.33. The molecule has 1 saturated carbocycles. The van der Waals surface area contributed by atoms with Crippen LogP contribution in [0.2, 0.25) is 0 Å². The summed E-state index contributed by atoms with van der Waals surface area (Å²) in [5.41, 5.74) is -0.439. The molecule has 0 amide bonds. The average Bonchev–Trinajstić information content (AvgIpc) is 2.35. The summed E-state index contributed by atoms with van der Waals surface area (Å²) < 4.78 is 32.9. The molecule has 0 atom stereocenters. The minimum Gasteiger partial charge on any atom is -0.378 e. The Hall–Kier alpha value is -1.03. The molecular weight excluding hydrogens is 364 g/mol. The van der Waals surface area contributed by atoms with Gasteiger partial charge in [0.25, 0.3) is 5.69 Å². The molecule has 21 heavy (non-hydrogen) atoms. The highest BCUT2D eigenvalue weighted by molar-refractivity contribution is 9.10. The van der Waals surface area contributed by atoms with Gasteiger partial charge < -0.3 is 4.74 Å². The third kappa shape index (κ3) is 3.79. The summed E-state index contributed by atoms with van der Waals surface area (Å²) in [7, 11) is -3.93. The van der Waals surface area contributed by atoms with E-state index in [1.165, 1.54) is 18.2 Å². The van der Waals surface area contributed by atoms with Crippen LogP contribution in [-0.4, -0.2) is 32.1 Å². The Morgan fingerprint density at radius 3 is 2.71 bits per heavy atom. The van der Waals surface area contributed by atoms with Crippen molar-refractivity contribution in [2.24, 2.45) is 0 Å². The Labute approximate surface area is 131 Å².